The third-order valence-electron chi connectivity index (χ3n) is 6.83. The van der Waals surface area contributed by atoms with Gasteiger partial charge in [0.25, 0.3) is 12.1 Å². The Morgan fingerprint density at radius 1 is 1.14 bits per heavy atom. The van der Waals surface area contributed by atoms with Crippen LogP contribution in [0, 0.1) is 10.1 Å². The number of rotatable bonds is 11. The molecule has 0 atom stereocenters. The minimum atomic E-state index is -2.76. The first-order valence-corrected chi connectivity index (χ1v) is 13.9. The number of benzene rings is 2. The Bertz CT molecular complexity index is 1790. The molecule has 5 rings (SSSR count). The van der Waals surface area contributed by atoms with Crippen LogP contribution in [0.2, 0.25) is 0 Å². The maximum Gasteiger partial charge on any atom is 0.294 e. The Hall–Kier alpha value is -4.76. The first kappa shape index (κ1) is 29.7. The van der Waals surface area contributed by atoms with Gasteiger partial charge in [0.15, 0.2) is 10.0 Å². The van der Waals surface area contributed by atoms with Crippen molar-refractivity contribution in [2.24, 2.45) is 7.05 Å². The molecule has 0 aliphatic heterocycles. The highest BCUT2D eigenvalue weighted by Gasteiger charge is 2.24. The van der Waals surface area contributed by atoms with E-state index in [4.69, 9.17) is 9.72 Å². The van der Waals surface area contributed by atoms with Crippen LogP contribution >= 0.6 is 11.3 Å². The number of alkyl halides is 2. The van der Waals surface area contributed by atoms with E-state index in [0.717, 1.165) is 27.8 Å². The van der Waals surface area contributed by atoms with E-state index >= 15 is 0 Å². The number of ether oxygens (including phenoxy) is 1. The van der Waals surface area contributed by atoms with Gasteiger partial charge in [0.05, 0.1) is 29.0 Å². The van der Waals surface area contributed by atoms with Crippen LogP contribution in [0.4, 0.5) is 31.8 Å². The summed E-state index contributed by atoms with van der Waals surface area (Å²) in [4.78, 5) is 24.6. The molecule has 3 heterocycles. The van der Waals surface area contributed by atoms with E-state index in [0.29, 0.717) is 35.8 Å². The third kappa shape index (κ3) is 6.08. The number of aryl methyl sites for hydroxylation is 1. The maximum atomic E-state index is 13.4. The van der Waals surface area contributed by atoms with E-state index in [9.17, 15) is 18.9 Å². The average Bonchev–Trinajstić information content (AvgIpc) is 3.61. The second kappa shape index (κ2) is 12.2. The number of fused-ring (bicyclic) bond motifs is 1. The number of aromatic nitrogens is 5. The van der Waals surface area contributed by atoms with E-state index in [1.807, 2.05) is 61.1 Å². The number of halogens is 2. The molecular weight excluding hydrogens is 580 g/mol. The van der Waals surface area contributed by atoms with Gasteiger partial charge in [-0.3, -0.25) is 10.1 Å². The Morgan fingerprint density at radius 3 is 2.58 bits per heavy atom. The molecule has 15 heteroatoms. The standard InChI is InChI=1S/C28H29F2N9O3S/c1-36(2)10-11-37(3)21-13-23(42-5)19(12-22(21)39(40)41)32-28-31-14-17(26-34-35-27(43-26)25(29)30)24(33-28)18-15-38(4)20-9-7-6-8-16(18)20/h6-9,12-15,25H,10-11H2,1-5H3,(H,31,32,33). The fourth-order valence-corrected chi connectivity index (χ4v) is 5.34. The Labute approximate surface area is 249 Å². The molecule has 0 fully saturated rings. The first-order valence-electron chi connectivity index (χ1n) is 13.1. The predicted octanol–water partition coefficient (Wildman–Crippen LogP) is 5.75. The number of nitro groups is 1. The zero-order valence-electron chi connectivity index (χ0n) is 24.1. The first-order chi connectivity index (χ1) is 20.6. The van der Waals surface area contributed by atoms with E-state index in [2.05, 4.69) is 20.5 Å². The normalized spacial score (nSPS) is 11.5. The lowest BCUT2D eigenvalue weighted by Gasteiger charge is -2.22. The molecular formula is C28H29F2N9O3S. The van der Waals surface area contributed by atoms with Gasteiger partial charge in [0.2, 0.25) is 5.95 Å². The minimum absolute atomic E-state index is 0.117. The van der Waals surface area contributed by atoms with Gasteiger partial charge < -0.3 is 24.4 Å². The predicted molar refractivity (Wildman–Crippen MR) is 163 cm³/mol. The molecule has 1 N–H and O–H groups in total. The van der Waals surface area contributed by atoms with Gasteiger partial charge in [-0.05, 0) is 20.2 Å². The SMILES string of the molecule is COc1cc(N(C)CCN(C)C)c([N+](=O)[O-])cc1Nc1ncc(-c2nnc(C(F)F)s2)c(-c2cn(C)c3ccccc23)n1. The second-order valence-electron chi connectivity index (χ2n) is 10.0. The van der Waals surface area contributed by atoms with E-state index in [1.165, 1.54) is 19.4 Å². The van der Waals surface area contributed by atoms with Crippen LogP contribution in [0.3, 0.4) is 0 Å². The molecule has 2 aromatic carbocycles. The van der Waals surface area contributed by atoms with Crippen molar-refractivity contribution in [3.8, 4) is 27.6 Å². The van der Waals surface area contributed by atoms with Crippen LogP contribution in [0.15, 0.2) is 48.8 Å². The van der Waals surface area contributed by atoms with Gasteiger partial charge in [-0.2, -0.15) is 0 Å². The highest BCUT2D eigenvalue weighted by Crippen LogP contribution is 2.41. The van der Waals surface area contributed by atoms with Crippen molar-refractivity contribution in [1.29, 1.82) is 0 Å². The largest absolute Gasteiger partial charge is 0.494 e. The molecule has 0 saturated carbocycles. The summed E-state index contributed by atoms with van der Waals surface area (Å²) in [5.74, 6) is 0.467. The van der Waals surface area contributed by atoms with Gasteiger partial charge in [0, 0.05) is 68.2 Å². The quantitative estimate of drug-likeness (QED) is 0.146. The van der Waals surface area contributed by atoms with E-state index < -0.39 is 16.4 Å². The molecule has 0 aliphatic rings. The van der Waals surface area contributed by atoms with Crippen molar-refractivity contribution < 1.29 is 18.4 Å². The number of hydrogen-bond acceptors (Lipinski definition) is 11. The molecule has 5 aromatic rings. The Kier molecular flexibility index (Phi) is 8.45. The molecule has 3 aromatic heterocycles. The van der Waals surface area contributed by atoms with E-state index in [1.54, 1.807) is 18.0 Å². The molecule has 0 bridgehead atoms. The van der Waals surface area contributed by atoms with Gasteiger partial charge in [-0.15, -0.1) is 10.2 Å². The van der Waals surface area contributed by atoms with E-state index in [-0.39, 0.29) is 22.3 Å². The minimum Gasteiger partial charge on any atom is -0.494 e. The van der Waals surface area contributed by atoms with Gasteiger partial charge in [-0.1, -0.05) is 29.5 Å². The number of para-hydroxylation sites is 1. The van der Waals surface area contributed by atoms with Gasteiger partial charge in [-0.25, -0.2) is 18.7 Å². The number of hydrogen-bond donors (Lipinski definition) is 1. The fraction of sp³-hybridized carbons (Fsp3) is 0.286. The Morgan fingerprint density at radius 2 is 1.91 bits per heavy atom. The van der Waals surface area contributed by atoms with Gasteiger partial charge in [0.1, 0.15) is 11.4 Å². The fourth-order valence-electron chi connectivity index (χ4n) is 4.63. The number of nitrogens with one attached hydrogen (secondary N) is 1. The molecule has 224 valence electrons. The van der Waals surface area contributed by atoms with Crippen molar-refractivity contribution in [1.82, 2.24) is 29.6 Å². The summed E-state index contributed by atoms with van der Waals surface area (Å²) in [5, 5.41) is 23.5. The molecule has 0 radical (unpaired) electrons. The van der Waals surface area contributed by atoms with Crippen molar-refractivity contribution in [2.75, 3.05) is 51.6 Å². The summed E-state index contributed by atoms with van der Waals surface area (Å²) < 4.78 is 34.2. The van der Waals surface area contributed by atoms with Crippen LogP contribution in [-0.2, 0) is 7.05 Å². The summed E-state index contributed by atoms with van der Waals surface area (Å²) in [6, 6.07) is 10.7. The number of nitrogens with zero attached hydrogens (tertiary/aromatic N) is 8. The van der Waals surface area contributed by atoms with Crippen molar-refractivity contribution >= 4 is 45.3 Å². The monoisotopic (exact) mass is 609 g/mol. The lowest BCUT2D eigenvalue weighted by Crippen LogP contribution is -2.28. The third-order valence-corrected chi connectivity index (χ3v) is 7.80. The average molecular weight is 610 g/mol. The van der Waals surface area contributed by atoms with Crippen molar-refractivity contribution in [3.63, 3.8) is 0 Å². The number of likely N-dealkylation sites (N-methyl/N-ethyl adjacent to an activating group) is 2. The molecule has 0 saturated heterocycles. The summed E-state index contributed by atoms with van der Waals surface area (Å²) in [5.41, 5.74) is 3.07. The highest BCUT2D eigenvalue weighted by atomic mass is 32.1. The molecule has 43 heavy (non-hydrogen) atoms. The topological polar surface area (TPSA) is 127 Å². The molecule has 0 amide bonds. The summed E-state index contributed by atoms with van der Waals surface area (Å²) in [6.07, 6.45) is 0.605. The van der Waals surface area contributed by atoms with Crippen LogP contribution in [0.25, 0.3) is 32.7 Å². The lowest BCUT2D eigenvalue weighted by atomic mass is 10.1. The van der Waals surface area contributed by atoms with Gasteiger partial charge >= 0.3 is 0 Å². The van der Waals surface area contributed by atoms with Crippen LogP contribution in [0.5, 0.6) is 5.75 Å². The van der Waals surface area contributed by atoms with Crippen LogP contribution in [-0.4, -0.2) is 75.9 Å². The summed E-state index contributed by atoms with van der Waals surface area (Å²) in [6.45, 7) is 1.25. The number of nitro benzene ring substituents is 1. The molecule has 0 aliphatic carbocycles. The van der Waals surface area contributed by atoms with Crippen LogP contribution in [0.1, 0.15) is 11.4 Å². The molecule has 12 nitrogen and oxygen atoms in total. The molecule has 0 unspecified atom stereocenters. The second-order valence-corrected chi connectivity index (χ2v) is 11.0. The zero-order chi connectivity index (χ0) is 30.8. The zero-order valence-corrected chi connectivity index (χ0v) is 24.9. The van der Waals surface area contributed by atoms with Crippen molar-refractivity contribution in [2.45, 2.75) is 6.43 Å². The molecule has 0 spiro atoms. The highest BCUT2D eigenvalue weighted by molar-refractivity contribution is 7.14. The smallest absolute Gasteiger partial charge is 0.294 e. The lowest BCUT2D eigenvalue weighted by molar-refractivity contribution is -0.384. The van der Waals surface area contributed by atoms with Crippen LogP contribution < -0.4 is 15.0 Å². The number of anilines is 3. The maximum absolute atomic E-state index is 13.4. The summed E-state index contributed by atoms with van der Waals surface area (Å²) >= 11 is 0.764. The summed E-state index contributed by atoms with van der Waals surface area (Å²) in [7, 11) is 9.00. The Balaban J connectivity index is 1.61. The number of methoxy groups -OCH3 is 1. The van der Waals surface area contributed by atoms with Crippen molar-refractivity contribution in [3.05, 3.63) is 63.9 Å².